The molecule has 0 aliphatic heterocycles. The van der Waals surface area contributed by atoms with Gasteiger partial charge in [0.15, 0.2) is 0 Å². The molecule has 0 heterocycles. The van der Waals surface area contributed by atoms with Crippen LogP contribution in [0, 0.1) is 0 Å². The highest BCUT2D eigenvalue weighted by molar-refractivity contribution is 5.27. The van der Waals surface area contributed by atoms with E-state index in [1.54, 1.807) is 12.1 Å². The van der Waals surface area contributed by atoms with Gasteiger partial charge in [0.2, 0.25) is 0 Å². The summed E-state index contributed by atoms with van der Waals surface area (Å²) >= 11 is 0. The molecule has 1 fully saturated rings. The zero-order chi connectivity index (χ0) is 15.5. The molecule has 118 valence electrons. The van der Waals surface area contributed by atoms with E-state index in [9.17, 15) is 18.3 Å². The number of ether oxygens (including phenoxy) is 1. The molecule has 0 saturated heterocycles. The van der Waals surface area contributed by atoms with Gasteiger partial charge in [-0.25, -0.2) is 0 Å². The zero-order valence-corrected chi connectivity index (χ0v) is 11.9. The van der Waals surface area contributed by atoms with E-state index in [-0.39, 0.29) is 26.0 Å². The lowest BCUT2D eigenvalue weighted by Crippen LogP contribution is -2.48. The number of hydrogen-bond acceptors (Lipinski definition) is 3. The van der Waals surface area contributed by atoms with Gasteiger partial charge < -0.3 is 15.2 Å². The molecule has 0 radical (unpaired) electrons. The number of aryl methyl sites for hydroxylation is 1. The van der Waals surface area contributed by atoms with Crippen LogP contribution >= 0.6 is 0 Å². The van der Waals surface area contributed by atoms with E-state index in [1.165, 1.54) is 5.56 Å². The van der Waals surface area contributed by atoms with Crippen molar-refractivity contribution < 1.29 is 23.0 Å². The van der Waals surface area contributed by atoms with Gasteiger partial charge >= 0.3 is 6.18 Å². The Balaban J connectivity index is 1.73. The number of halogens is 3. The summed E-state index contributed by atoms with van der Waals surface area (Å²) < 4.78 is 43.4. The molecule has 0 amide bonds. The van der Waals surface area contributed by atoms with Crippen LogP contribution in [-0.4, -0.2) is 36.1 Å². The third kappa shape index (κ3) is 4.11. The molecule has 1 aliphatic carbocycles. The average Bonchev–Trinajstić information content (AvgIpc) is 3.24. The maximum Gasteiger partial charge on any atom is 0.406 e. The Bertz CT molecular complexity index is 455. The SMILES string of the molecule is CCc1ccc(OCC(O)CNC2(C(F)(F)F)CC2)cc1. The van der Waals surface area contributed by atoms with Crippen LogP contribution in [0.1, 0.15) is 25.3 Å². The molecule has 1 saturated carbocycles. The van der Waals surface area contributed by atoms with Crippen LogP contribution in [0.15, 0.2) is 24.3 Å². The largest absolute Gasteiger partial charge is 0.491 e. The zero-order valence-electron chi connectivity index (χ0n) is 11.9. The summed E-state index contributed by atoms with van der Waals surface area (Å²) in [5.41, 5.74) is -0.623. The number of hydrogen-bond donors (Lipinski definition) is 2. The molecule has 21 heavy (non-hydrogen) atoms. The third-order valence-corrected chi connectivity index (χ3v) is 3.74. The van der Waals surface area contributed by atoms with Gasteiger partial charge in [-0.3, -0.25) is 0 Å². The molecule has 2 rings (SSSR count). The summed E-state index contributed by atoms with van der Waals surface area (Å²) in [4.78, 5) is 0. The molecule has 3 nitrogen and oxygen atoms in total. The molecule has 0 bridgehead atoms. The number of β-amino-alcohol motifs (C(OH)–C–C–N with tert-alkyl or cyclic N) is 1. The maximum absolute atomic E-state index is 12.7. The topological polar surface area (TPSA) is 41.5 Å². The second kappa shape index (κ2) is 6.23. The van der Waals surface area contributed by atoms with Gasteiger partial charge in [0.25, 0.3) is 0 Å². The predicted octanol–water partition coefficient (Wildman–Crippen LogP) is 2.67. The van der Waals surface area contributed by atoms with Crippen molar-refractivity contribution in [2.24, 2.45) is 0 Å². The molecule has 1 aliphatic rings. The Kier molecular flexibility index (Phi) is 4.78. The van der Waals surface area contributed by atoms with Crippen molar-refractivity contribution in [2.45, 2.75) is 44.0 Å². The third-order valence-electron chi connectivity index (χ3n) is 3.74. The summed E-state index contributed by atoms with van der Waals surface area (Å²) in [7, 11) is 0. The molecular weight excluding hydrogens is 283 g/mol. The summed E-state index contributed by atoms with van der Waals surface area (Å²) in [5, 5.41) is 12.1. The first-order valence-electron chi connectivity index (χ1n) is 7.08. The lowest BCUT2D eigenvalue weighted by molar-refractivity contribution is -0.166. The molecule has 1 aromatic carbocycles. The van der Waals surface area contributed by atoms with Crippen molar-refractivity contribution in [1.29, 1.82) is 0 Å². The number of alkyl halides is 3. The van der Waals surface area contributed by atoms with Crippen molar-refractivity contribution in [3.05, 3.63) is 29.8 Å². The second-order valence-electron chi connectivity index (χ2n) is 5.42. The first-order valence-corrected chi connectivity index (χ1v) is 7.08. The van der Waals surface area contributed by atoms with Crippen molar-refractivity contribution >= 4 is 0 Å². The van der Waals surface area contributed by atoms with Crippen molar-refractivity contribution in [3.63, 3.8) is 0 Å². The van der Waals surface area contributed by atoms with Gasteiger partial charge in [-0.05, 0) is 37.0 Å². The van der Waals surface area contributed by atoms with E-state index < -0.39 is 17.8 Å². The summed E-state index contributed by atoms with van der Waals surface area (Å²) in [6.07, 6.45) is -4.17. The van der Waals surface area contributed by atoms with Crippen LogP contribution in [-0.2, 0) is 6.42 Å². The minimum absolute atomic E-state index is 0.0353. The minimum Gasteiger partial charge on any atom is -0.491 e. The maximum atomic E-state index is 12.7. The fourth-order valence-corrected chi connectivity index (χ4v) is 2.07. The smallest absolute Gasteiger partial charge is 0.406 e. The Labute approximate surface area is 122 Å². The molecular formula is C15H20F3NO2. The van der Waals surface area contributed by atoms with E-state index in [0.717, 1.165) is 6.42 Å². The van der Waals surface area contributed by atoms with Crippen LogP contribution in [0.2, 0.25) is 0 Å². The lowest BCUT2D eigenvalue weighted by atomic mass is 10.2. The van der Waals surface area contributed by atoms with Crippen LogP contribution in [0.4, 0.5) is 13.2 Å². The quantitative estimate of drug-likeness (QED) is 0.814. The number of benzene rings is 1. The Hall–Kier alpha value is -1.27. The minimum atomic E-state index is -4.26. The fraction of sp³-hybridized carbons (Fsp3) is 0.600. The lowest BCUT2D eigenvalue weighted by Gasteiger charge is -2.22. The summed E-state index contributed by atoms with van der Waals surface area (Å²) in [6, 6.07) is 7.42. The van der Waals surface area contributed by atoms with E-state index in [4.69, 9.17) is 4.74 Å². The van der Waals surface area contributed by atoms with Gasteiger partial charge in [0.05, 0.1) is 0 Å². The van der Waals surface area contributed by atoms with Crippen LogP contribution in [0.5, 0.6) is 5.75 Å². The van der Waals surface area contributed by atoms with E-state index >= 15 is 0 Å². The Morgan fingerprint density at radius 3 is 2.38 bits per heavy atom. The number of aliphatic hydroxyl groups is 1. The Morgan fingerprint density at radius 1 is 1.29 bits per heavy atom. The highest BCUT2D eigenvalue weighted by Gasteiger charge is 2.63. The van der Waals surface area contributed by atoms with Crippen LogP contribution in [0.25, 0.3) is 0 Å². The van der Waals surface area contributed by atoms with Gasteiger partial charge in [-0.2, -0.15) is 13.2 Å². The standard InChI is InChI=1S/C15H20F3NO2/c1-2-11-3-5-13(6-4-11)21-10-12(20)9-19-14(7-8-14)15(16,17)18/h3-6,12,19-20H,2,7-10H2,1H3. The number of nitrogens with one attached hydrogen (secondary N) is 1. The average molecular weight is 303 g/mol. The molecule has 1 aromatic rings. The highest BCUT2D eigenvalue weighted by atomic mass is 19.4. The molecule has 1 atom stereocenters. The normalized spacial score (nSPS) is 18.3. The summed E-state index contributed by atoms with van der Waals surface area (Å²) in [6.45, 7) is 1.87. The van der Waals surface area contributed by atoms with Crippen molar-refractivity contribution in [2.75, 3.05) is 13.2 Å². The first kappa shape index (κ1) is 16.1. The van der Waals surface area contributed by atoms with E-state index in [0.29, 0.717) is 5.75 Å². The monoisotopic (exact) mass is 303 g/mol. The van der Waals surface area contributed by atoms with E-state index in [1.807, 2.05) is 19.1 Å². The number of rotatable bonds is 7. The molecule has 6 heteroatoms. The predicted molar refractivity (Wildman–Crippen MR) is 73.3 cm³/mol. The van der Waals surface area contributed by atoms with Crippen LogP contribution < -0.4 is 10.1 Å². The van der Waals surface area contributed by atoms with E-state index in [2.05, 4.69) is 5.32 Å². The van der Waals surface area contributed by atoms with Gasteiger partial charge in [0, 0.05) is 6.54 Å². The first-order chi connectivity index (χ1) is 9.86. The fourth-order valence-electron chi connectivity index (χ4n) is 2.07. The molecule has 1 unspecified atom stereocenters. The second-order valence-corrected chi connectivity index (χ2v) is 5.42. The van der Waals surface area contributed by atoms with Gasteiger partial charge in [0.1, 0.15) is 24.0 Å². The summed E-state index contributed by atoms with van der Waals surface area (Å²) in [5.74, 6) is 0.600. The van der Waals surface area contributed by atoms with Crippen LogP contribution in [0.3, 0.4) is 0 Å². The molecule has 2 N–H and O–H groups in total. The van der Waals surface area contributed by atoms with Crippen molar-refractivity contribution in [3.8, 4) is 5.75 Å². The van der Waals surface area contributed by atoms with Gasteiger partial charge in [-0.1, -0.05) is 19.1 Å². The molecule has 0 spiro atoms. The highest BCUT2D eigenvalue weighted by Crippen LogP contribution is 2.48. The molecule has 0 aromatic heterocycles. The Morgan fingerprint density at radius 2 is 1.90 bits per heavy atom. The van der Waals surface area contributed by atoms with Gasteiger partial charge in [-0.15, -0.1) is 0 Å². The number of aliphatic hydroxyl groups excluding tert-OH is 1. The van der Waals surface area contributed by atoms with Crippen molar-refractivity contribution in [1.82, 2.24) is 5.32 Å².